The molecule has 168 valence electrons. The maximum atomic E-state index is 6.05. The van der Waals surface area contributed by atoms with Crippen molar-refractivity contribution in [2.24, 2.45) is 10.7 Å². The average Bonchev–Trinajstić information content (AvgIpc) is 2.81. The Morgan fingerprint density at radius 1 is 1.06 bits per heavy atom. The highest BCUT2D eigenvalue weighted by atomic mass is 16.5. The molecule has 3 rings (SSSR count). The zero-order valence-corrected chi connectivity index (χ0v) is 18.6. The molecule has 0 aromatic heterocycles. The van der Waals surface area contributed by atoms with Gasteiger partial charge in [-0.1, -0.05) is 42.5 Å². The Morgan fingerprint density at radius 3 is 2.52 bits per heavy atom. The summed E-state index contributed by atoms with van der Waals surface area (Å²) in [5.41, 5.74) is 8.58. The molecular formula is C25H36N4O2. The number of nitrogens with zero attached hydrogens (tertiary/aromatic N) is 2. The van der Waals surface area contributed by atoms with E-state index in [-0.39, 0.29) is 0 Å². The van der Waals surface area contributed by atoms with Crippen molar-refractivity contribution in [1.29, 1.82) is 0 Å². The van der Waals surface area contributed by atoms with Crippen molar-refractivity contribution >= 4 is 5.96 Å². The van der Waals surface area contributed by atoms with E-state index < -0.39 is 0 Å². The summed E-state index contributed by atoms with van der Waals surface area (Å²) in [7, 11) is 1.68. The number of hydrogen-bond acceptors (Lipinski definition) is 4. The van der Waals surface area contributed by atoms with E-state index in [1.807, 2.05) is 12.1 Å². The largest absolute Gasteiger partial charge is 0.497 e. The Kier molecular flexibility index (Phi) is 9.67. The fourth-order valence-electron chi connectivity index (χ4n) is 3.77. The first kappa shape index (κ1) is 23.1. The topological polar surface area (TPSA) is 72.1 Å². The van der Waals surface area contributed by atoms with Gasteiger partial charge >= 0.3 is 0 Å². The summed E-state index contributed by atoms with van der Waals surface area (Å²) in [6, 6.07) is 18.8. The lowest BCUT2D eigenvalue weighted by atomic mass is 10.1. The van der Waals surface area contributed by atoms with Crippen LogP contribution in [0.2, 0.25) is 0 Å². The molecule has 2 aromatic rings. The summed E-state index contributed by atoms with van der Waals surface area (Å²) in [6.45, 7) is 5.43. The van der Waals surface area contributed by atoms with Crippen LogP contribution >= 0.6 is 0 Å². The molecule has 0 amide bonds. The standard InChI is InChI=1S/C25H36N4O2/c1-30-23-10-8-21(9-11-23)12-16-28-25(26)27-15-5-19-31-24-13-17-29(18-14-24)20-22-6-3-2-4-7-22/h2-4,6-11,24H,5,12-20H2,1H3,(H3,26,27,28). The second-order valence-electron chi connectivity index (χ2n) is 7.98. The predicted octanol–water partition coefficient (Wildman–Crippen LogP) is 3.21. The number of guanidine groups is 1. The highest BCUT2D eigenvalue weighted by Gasteiger charge is 2.19. The van der Waals surface area contributed by atoms with Crippen LogP contribution in [0.4, 0.5) is 0 Å². The third-order valence-corrected chi connectivity index (χ3v) is 5.60. The van der Waals surface area contributed by atoms with Crippen LogP contribution in [0, 0.1) is 0 Å². The third kappa shape index (κ3) is 8.59. The number of nitrogens with two attached hydrogens (primary N) is 1. The number of piperidine rings is 1. The van der Waals surface area contributed by atoms with Crippen LogP contribution in [-0.2, 0) is 17.7 Å². The van der Waals surface area contributed by atoms with Crippen molar-refractivity contribution in [2.45, 2.75) is 38.3 Å². The van der Waals surface area contributed by atoms with E-state index in [0.717, 1.165) is 64.2 Å². The Morgan fingerprint density at radius 2 is 1.81 bits per heavy atom. The molecular weight excluding hydrogens is 388 g/mol. The lowest BCUT2D eigenvalue weighted by Crippen LogP contribution is -2.36. The van der Waals surface area contributed by atoms with Crippen molar-refractivity contribution in [3.05, 3.63) is 65.7 Å². The number of rotatable bonds is 11. The number of aliphatic imine (C=N–C) groups is 1. The van der Waals surface area contributed by atoms with Crippen molar-refractivity contribution < 1.29 is 9.47 Å². The van der Waals surface area contributed by atoms with Gasteiger partial charge in [-0.05, 0) is 48.9 Å². The van der Waals surface area contributed by atoms with Crippen molar-refractivity contribution in [3.8, 4) is 5.75 Å². The van der Waals surface area contributed by atoms with E-state index >= 15 is 0 Å². The molecule has 6 heteroatoms. The molecule has 3 N–H and O–H groups in total. The Bertz CT molecular complexity index is 772. The van der Waals surface area contributed by atoms with E-state index in [2.05, 4.69) is 57.7 Å². The second kappa shape index (κ2) is 13.0. The van der Waals surface area contributed by atoms with Crippen molar-refractivity contribution in [1.82, 2.24) is 10.2 Å². The lowest BCUT2D eigenvalue weighted by molar-refractivity contribution is 0.00566. The van der Waals surface area contributed by atoms with E-state index in [4.69, 9.17) is 15.2 Å². The van der Waals surface area contributed by atoms with Gasteiger partial charge in [0, 0.05) is 39.3 Å². The minimum absolute atomic E-state index is 0.371. The molecule has 0 saturated carbocycles. The summed E-state index contributed by atoms with van der Waals surface area (Å²) in [6.07, 6.45) is 4.37. The van der Waals surface area contributed by atoms with Gasteiger partial charge in [0.1, 0.15) is 5.75 Å². The van der Waals surface area contributed by atoms with Crippen LogP contribution in [0.1, 0.15) is 30.4 Å². The molecule has 1 saturated heterocycles. The quantitative estimate of drug-likeness (QED) is 0.329. The number of nitrogens with one attached hydrogen (secondary N) is 1. The molecule has 0 aliphatic carbocycles. The number of benzene rings is 2. The minimum atomic E-state index is 0.371. The van der Waals surface area contributed by atoms with Crippen LogP contribution in [0.15, 0.2) is 59.6 Å². The minimum Gasteiger partial charge on any atom is -0.497 e. The maximum Gasteiger partial charge on any atom is 0.188 e. The monoisotopic (exact) mass is 424 g/mol. The van der Waals surface area contributed by atoms with E-state index in [1.54, 1.807) is 7.11 Å². The van der Waals surface area contributed by atoms with Crippen LogP contribution in [0.3, 0.4) is 0 Å². The molecule has 1 heterocycles. The molecule has 6 nitrogen and oxygen atoms in total. The van der Waals surface area contributed by atoms with Gasteiger partial charge in [0.25, 0.3) is 0 Å². The molecule has 1 aliphatic heterocycles. The Labute approximate surface area is 186 Å². The second-order valence-corrected chi connectivity index (χ2v) is 7.98. The number of likely N-dealkylation sites (tertiary alicyclic amines) is 1. The smallest absolute Gasteiger partial charge is 0.188 e. The molecule has 0 bridgehead atoms. The molecule has 1 fully saturated rings. The van der Waals surface area contributed by atoms with Gasteiger partial charge in [0.2, 0.25) is 0 Å². The molecule has 1 aliphatic rings. The summed E-state index contributed by atoms with van der Waals surface area (Å²) < 4.78 is 11.2. The molecule has 0 atom stereocenters. The first-order valence-electron chi connectivity index (χ1n) is 11.3. The summed E-state index contributed by atoms with van der Waals surface area (Å²) >= 11 is 0. The fourth-order valence-corrected chi connectivity index (χ4v) is 3.77. The highest BCUT2D eigenvalue weighted by Crippen LogP contribution is 2.16. The van der Waals surface area contributed by atoms with Gasteiger partial charge in [0.15, 0.2) is 5.96 Å². The first-order valence-corrected chi connectivity index (χ1v) is 11.3. The van der Waals surface area contributed by atoms with Gasteiger partial charge in [-0.15, -0.1) is 0 Å². The lowest BCUT2D eigenvalue weighted by Gasteiger charge is -2.31. The van der Waals surface area contributed by atoms with Crippen LogP contribution in [-0.4, -0.2) is 56.9 Å². The molecule has 31 heavy (non-hydrogen) atoms. The van der Waals surface area contributed by atoms with Crippen molar-refractivity contribution in [2.75, 3.05) is 39.9 Å². The zero-order valence-electron chi connectivity index (χ0n) is 18.6. The van der Waals surface area contributed by atoms with Gasteiger partial charge < -0.3 is 20.5 Å². The summed E-state index contributed by atoms with van der Waals surface area (Å²) in [5, 5.41) is 3.17. The van der Waals surface area contributed by atoms with Crippen molar-refractivity contribution in [3.63, 3.8) is 0 Å². The molecule has 2 aromatic carbocycles. The van der Waals surface area contributed by atoms with E-state index in [9.17, 15) is 0 Å². The maximum absolute atomic E-state index is 6.05. The van der Waals surface area contributed by atoms with E-state index in [0.29, 0.717) is 18.6 Å². The van der Waals surface area contributed by atoms with Crippen LogP contribution in [0.25, 0.3) is 0 Å². The number of ether oxygens (including phenoxy) is 2. The van der Waals surface area contributed by atoms with Gasteiger partial charge in [-0.25, -0.2) is 0 Å². The predicted molar refractivity (Wildman–Crippen MR) is 127 cm³/mol. The number of hydrogen-bond donors (Lipinski definition) is 2. The SMILES string of the molecule is COc1ccc(CCNC(N)=NCCCOC2CCN(Cc3ccccc3)CC2)cc1. The normalized spacial score (nSPS) is 15.7. The third-order valence-electron chi connectivity index (χ3n) is 5.60. The number of methoxy groups -OCH3 is 1. The molecule has 0 spiro atoms. The Balaban J connectivity index is 1.21. The van der Waals surface area contributed by atoms with Crippen LogP contribution < -0.4 is 15.8 Å². The van der Waals surface area contributed by atoms with E-state index in [1.165, 1.54) is 11.1 Å². The zero-order chi connectivity index (χ0) is 21.7. The molecule has 0 unspecified atom stereocenters. The van der Waals surface area contributed by atoms with Gasteiger partial charge in [0.05, 0.1) is 13.2 Å². The van der Waals surface area contributed by atoms with Gasteiger partial charge in [-0.2, -0.15) is 0 Å². The van der Waals surface area contributed by atoms with Gasteiger partial charge in [-0.3, -0.25) is 9.89 Å². The fraction of sp³-hybridized carbons (Fsp3) is 0.480. The summed E-state index contributed by atoms with van der Waals surface area (Å²) in [4.78, 5) is 6.91. The highest BCUT2D eigenvalue weighted by molar-refractivity contribution is 5.77. The summed E-state index contributed by atoms with van der Waals surface area (Å²) in [5.74, 6) is 1.38. The van der Waals surface area contributed by atoms with Crippen LogP contribution in [0.5, 0.6) is 5.75 Å². The first-order chi connectivity index (χ1) is 15.2. The Hall–Kier alpha value is -2.57. The average molecular weight is 425 g/mol. The molecule has 0 radical (unpaired) electrons.